The number of aryl methyl sites for hydroxylation is 1. The third kappa shape index (κ3) is 3.55. The SMILES string of the molecule is COC(=O)/C(C#N)=C/c1c(Oc2ccccc2C)nc2ccccn2c1=O. The van der Waals surface area contributed by atoms with Gasteiger partial charge in [-0.05, 0) is 36.8 Å². The number of aromatic nitrogens is 2. The fourth-order valence-corrected chi connectivity index (χ4v) is 2.45. The summed E-state index contributed by atoms with van der Waals surface area (Å²) in [6, 6.07) is 14.1. The largest absolute Gasteiger partial charge is 0.465 e. The van der Waals surface area contributed by atoms with Crippen LogP contribution >= 0.6 is 0 Å². The summed E-state index contributed by atoms with van der Waals surface area (Å²) in [6.45, 7) is 1.86. The zero-order valence-corrected chi connectivity index (χ0v) is 14.7. The maximum Gasteiger partial charge on any atom is 0.348 e. The van der Waals surface area contributed by atoms with Crippen molar-refractivity contribution in [3.63, 3.8) is 0 Å². The lowest BCUT2D eigenvalue weighted by molar-refractivity contribution is -0.135. The number of pyridine rings is 1. The highest BCUT2D eigenvalue weighted by atomic mass is 16.5. The van der Waals surface area contributed by atoms with Crippen molar-refractivity contribution in [1.29, 1.82) is 5.26 Å². The number of para-hydroxylation sites is 1. The lowest BCUT2D eigenvalue weighted by Crippen LogP contribution is -2.19. The molecule has 0 aliphatic heterocycles. The van der Waals surface area contributed by atoms with Gasteiger partial charge in [0.25, 0.3) is 5.56 Å². The molecule has 7 nitrogen and oxygen atoms in total. The number of hydrogen-bond acceptors (Lipinski definition) is 6. The highest BCUT2D eigenvalue weighted by Crippen LogP contribution is 2.26. The number of rotatable bonds is 4. The molecular weight excluding hydrogens is 346 g/mol. The van der Waals surface area contributed by atoms with E-state index in [0.29, 0.717) is 11.4 Å². The second-order valence-corrected chi connectivity index (χ2v) is 5.59. The normalized spacial score (nSPS) is 11.1. The number of carbonyl (C=O) groups excluding carboxylic acids is 1. The van der Waals surface area contributed by atoms with Crippen LogP contribution in [0.15, 0.2) is 59.0 Å². The van der Waals surface area contributed by atoms with Crippen molar-refractivity contribution >= 4 is 17.7 Å². The lowest BCUT2D eigenvalue weighted by Gasteiger charge is -2.11. The number of benzene rings is 1. The highest BCUT2D eigenvalue weighted by molar-refractivity contribution is 5.98. The highest BCUT2D eigenvalue weighted by Gasteiger charge is 2.17. The van der Waals surface area contributed by atoms with Gasteiger partial charge in [0.2, 0.25) is 5.88 Å². The van der Waals surface area contributed by atoms with Crippen LogP contribution in [0.1, 0.15) is 11.1 Å². The predicted molar refractivity (Wildman–Crippen MR) is 98.3 cm³/mol. The Morgan fingerprint density at radius 1 is 1.22 bits per heavy atom. The second-order valence-electron chi connectivity index (χ2n) is 5.59. The van der Waals surface area contributed by atoms with E-state index < -0.39 is 11.5 Å². The molecule has 2 heterocycles. The van der Waals surface area contributed by atoms with Crippen molar-refractivity contribution in [2.45, 2.75) is 6.92 Å². The molecule has 3 rings (SSSR count). The van der Waals surface area contributed by atoms with E-state index in [9.17, 15) is 14.9 Å². The molecule has 0 saturated carbocycles. The van der Waals surface area contributed by atoms with Gasteiger partial charge in [-0.2, -0.15) is 10.2 Å². The summed E-state index contributed by atoms with van der Waals surface area (Å²) in [5.74, 6) is -0.343. The van der Waals surface area contributed by atoms with Crippen molar-refractivity contribution in [3.8, 4) is 17.7 Å². The van der Waals surface area contributed by atoms with Crippen molar-refractivity contribution in [2.75, 3.05) is 7.11 Å². The van der Waals surface area contributed by atoms with Gasteiger partial charge in [-0.3, -0.25) is 9.20 Å². The van der Waals surface area contributed by atoms with E-state index in [1.807, 2.05) is 19.1 Å². The minimum atomic E-state index is -0.850. The van der Waals surface area contributed by atoms with Gasteiger partial charge in [-0.15, -0.1) is 0 Å². The molecule has 0 N–H and O–H groups in total. The zero-order chi connectivity index (χ0) is 19.4. The van der Waals surface area contributed by atoms with E-state index in [1.165, 1.54) is 4.40 Å². The number of ether oxygens (including phenoxy) is 2. The topological polar surface area (TPSA) is 93.7 Å². The second kappa shape index (κ2) is 7.54. The molecule has 0 spiro atoms. The summed E-state index contributed by atoms with van der Waals surface area (Å²) in [5, 5.41) is 9.23. The van der Waals surface area contributed by atoms with E-state index in [0.717, 1.165) is 18.7 Å². The fraction of sp³-hybridized carbons (Fsp3) is 0.100. The molecule has 3 aromatic rings. The van der Waals surface area contributed by atoms with Crippen molar-refractivity contribution < 1.29 is 14.3 Å². The van der Waals surface area contributed by atoms with Gasteiger partial charge >= 0.3 is 5.97 Å². The van der Waals surface area contributed by atoms with Crippen molar-refractivity contribution in [1.82, 2.24) is 9.38 Å². The summed E-state index contributed by atoms with van der Waals surface area (Å²) in [7, 11) is 1.16. The van der Waals surface area contributed by atoms with Crippen LogP contribution in [0.25, 0.3) is 11.7 Å². The molecule has 1 aromatic carbocycles. The van der Waals surface area contributed by atoms with Crippen LogP contribution < -0.4 is 10.3 Å². The molecule has 27 heavy (non-hydrogen) atoms. The molecule has 0 aliphatic rings. The van der Waals surface area contributed by atoms with E-state index in [-0.39, 0.29) is 17.0 Å². The summed E-state index contributed by atoms with van der Waals surface area (Å²) in [6.07, 6.45) is 2.68. The molecule has 0 saturated heterocycles. The Hall–Kier alpha value is -3.92. The molecule has 0 radical (unpaired) electrons. The molecule has 0 atom stereocenters. The fourth-order valence-electron chi connectivity index (χ4n) is 2.45. The maximum atomic E-state index is 12.9. The average molecular weight is 361 g/mol. The number of fused-ring (bicyclic) bond motifs is 1. The van der Waals surface area contributed by atoms with Crippen LogP contribution in [-0.4, -0.2) is 22.5 Å². The molecule has 0 amide bonds. The van der Waals surface area contributed by atoms with Gasteiger partial charge in [0.15, 0.2) is 0 Å². The molecular formula is C20H15N3O4. The Kier molecular flexibility index (Phi) is 4.99. The summed E-state index contributed by atoms with van der Waals surface area (Å²) < 4.78 is 11.7. The van der Waals surface area contributed by atoms with Gasteiger partial charge in [-0.25, -0.2) is 4.79 Å². The van der Waals surface area contributed by atoms with Crippen LogP contribution in [0.3, 0.4) is 0 Å². The smallest absolute Gasteiger partial charge is 0.348 e. The van der Waals surface area contributed by atoms with E-state index in [2.05, 4.69) is 9.72 Å². The number of hydrogen-bond donors (Lipinski definition) is 0. The van der Waals surface area contributed by atoms with Crippen LogP contribution in [0.5, 0.6) is 11.6 Å². The Morgan fingerprint density at radius 3 is 2.67 bits per heavy atom. The monoisotopic (exact) mass is 361 g/mol. The van der Waals surface area contributed by atoms with Crippen LogP contribution in [0, 0.1) is 18.3 Å². The standard InChI is InChI=1S/C20H15N3O4/c1-13-7-3-4-8-16(13)27-18-15(11-14(12-21)20(25)26-2)19(24)23-10-6-5-9-17(23)22-18/h3-11H,1-2H3/b14-11+. The van der Waals surface area contributed by atoms with Gasteiger partial charge in [0.1, 0.15) is 28.6 Å². The third-order valence-electron chi connectivity index (χ3n) is 3.85. The molecule has 7 heteroatoms. The number of nitrogens with zero attached hydrogens (tertiary/aromatic N) is 3. The zero-order valence-electron chi connectivity index (χ0n) is 14.7. The first-order valence-corrected chi connectivity index (χ1v) is 8.00. The average Bonchev–Trinajstić information content (AvgIpc) is 2.69. The summed E-state index contributed by atoms with van der Waals surface area (Å²) >= 11 is 0. The van der Waals surface area contributed by atoms with Gasteiger partial charge in [0, 0.05) is 6.20 Å². The van der Waals surface area contributed by atoms with Crippen molar-refractivity contribution in [3.05, 3.63) is 75.7 Å². The molecule has 0 fully saturated rings. The molecule has 0 unspecified atom stereocenters. The maximum absolute atomic E-state index is 12.9. The number of esters is 1. The number of nitriles is 1. The third-order valence-corrected chi connectivity index (χ3v) is 3.85. The lowest BCUT2D eigenvalue weighted by atomic mass is 10.2. The Balaban J connectivity index is 2.26. The molecule has 0 bridgehead atoms. The summed E-state index contributed by atoms with van der Waals surface area (Å²) in [5.41, 5.74) is 0.391. The quantitative estimate of drug-likeness (QED) is 0.403. The van der Waals surface area contributed by atoms with Crippen LogP contribution in [-0.2, 0) is 9.53 Å². The Morgan fingerprint density at radius 2 is 1.96 bits per heavy atom. The van der Waals surface area contributed by atoms with Crippen LogP contribution in [0.4, 0.5) is 0 Å². The summed E-state index contributed by atoms with van der Waals surface area (Å²) in [4.78, 5) is 29.1. The first-order valence-electron chi connectivity index (χ1n) is 8.00. The van der Waals surface area contributed by atoms with Crippen LogP contribution in [0.2, 0.25) is 0 Å². The number of methoxy groups -OCH3 is 1. The van der Waals surface area contributed by atoms with E-state index in [4.69, 9.17) is 4.74 Å². The minimum absolute atomic E-state index is 0.00264. The first kappa shape index (κ1) is 17.9. The number of carbonyl (C=O) groups is 1. The predicted octanol–water partition coefficient (Wildman–Crippen LogP) is 2.88. The molecule has 0 aliphatic carbocycles. The Bertz CT molecular complexity index is 1160. The van der Waals surface area contributed by atoms with Crippen molar-refractivity contribution in [2.24, 2.45) is 0 Å². The van der Waals surface area contributed by atoms with Gasteiger partial charge in [-0.1, -0.05) is 24.3 Å². The first-order chi connectivity index (χ1) is 13.0. The van der Waals surface area contributed by atoms with E-state index >= 15 is 0 Å². The van der Waals surface area contributed by atoms with E-state index in [1.54, 1.807) is 42.6 Å². The molecule has 2 aromatic heterocycles. The minimum Gasteiger partial charge on any atom is -0.465 e. The van der Waals surface area contributed by atoms with Gasteiger partial charge in [0.05, 0.1) is 7.11 Å². The van der Waals surface area contributed by atoms with Gasteiger partial charge < -0.3 is 9.47 Å². The Labute approximate surface area is 154 Å². The molecule has 134 valence electrons.